The minimum atomic E-state index is -0.556. The standard InChI is InChI=1S/C11H18N4O2/c1-15(6-9(16)7-17-2)10-4-3-8(5-14-10)11(12)13/h3-5,9,16H,6-7H2,1-2H3,(H3,12,13). The Morgan fingerprint density at radius 1 is 1.65 bits per heavy atom. The van der Waals surface area contributed by atoms with Crippen LogP contribution < -0.4 is 10.6 Å². The molecule has 0 amide bonds. The number of methoxy groups -OCH3 is 1. The molecule has 0 bridgehead atoms. The molecular formula is C11H18N4O2. The fourth-order valence-electron chi connectivity index (χ4n) is 1.43. The van der Waals surface area contributed by atoms with E-state index in [1.165, 1.54) is 6.20 Å². The number of ether oxygens (including phenoxy) is 1. The van der Waals surface area contributed by atoms with Gasteiger partial charge in [-0.3, -0.25) is 5.41 Å². The Balaban J connectivity index is 2.63. The number of hydrogen-bond donors (Lipinski definition) is 3. The predicted molar refractivity (Wildman–Crippen MR) is 66.4 cm³/mol. The van der Waals surface area contributed by atoms with E-state index in [0.29, 0.717) is 17.9 Å². The topological polar surface area (TPSA) is 95.5 Å². The average Bonchev–Trinajstić information content (AvgIpc) is 2.29. The third-order valence-electron chi connectivity index (χ3n) is 2.29. The van der Waals surface area contributed by atoms with Gasteiger partial charge in [-0.25, -0.2) is 4.98 Å². The quantitative estimate of drug-likeness (QED) is 0.471. The number of pyridine rings is 1. The summed E-state index contributed by atoms with van der Waals surface area (Å²) < 4.78 is 4.85. The van der Waals surface area contributed by atoms with Gasteiger partial charge < -0.3 is 20.5 Å². The summed E-state index contributed by atoms with van der Waals surface area (Å²) in [6, 6.07) is 3.49. The highest BCUT2D eigenvalue weighted by Crippen LogP contribution is 2.09. The molecule has 0 saturated carbocycles. The molecule has 6 heteroatoms. The summed E-state index contributed by atoms with van der Waals surface area (Å²) in [5.74, 6) is 0.705. The number of amidine groups is 1. The molecular weight excluding hydrogens is 220 g/mol. The number of nitrogens with one attached hydrogen (secondary N) is 1. The van der Waals surface area contributed by atoms with Gasteiger partial charge in [0.2, 0.25) is 0 Å². The van der Waals surface area contributed by atoms with Crippen LogP contribution >= 0.6 is 0 Å². The van der Waals surface area contributed by atoms with Crippen LogP contribution in [-0.4, -0.2) is 49.3 Å². The first kappa shape index (κ1) is 13.4. The summed E-state index contributed by atoms with van der Waals surface area (Å²) in [6.45, 7) is 0.718. The Bertz CT molecular complexity index is 366. The smallest absolute Gasteiger partial charge is 0.128 e. The first-order valence-electron chi connectivity index (χ1n) is 5.23. The molecule has 1 rings (SSSR count). The fraction of sp³-hybridized carbons (Fsp3) is 0.455. The molecule has 4 N–H and O–H groups in total. The van der Waals surface area contributed by atoms with Gasteiger partial charge >= 0.3 is 0 Å². The monoisotopic (exact) mass is 238 g/mol. The second-order valence-electron chi connectivity index (χ2n) is 3.81. The molecule has 0 radical (unpaired) electrons. The maximum Gasteiger partial charge on any atom is 0.128 e. The third kappa shape index (κ3) is 4.01. The van der Waals surface area contributed by atoms with Gasteiger partial charge in [-0.05, 0) is 12.1 Å². The largest absolute Gasteiger partial charge is 0.389 e. The van der Waals surface area contributed by atoms with Crippen molar-refractivity contribution >= 4 is 11.7 Å². The van der Waals surface area contributed by atoms with Crippen molar-refractivity contribution < 1.29 is 9.84 Å². The summed E-state index contributed by atoms with van der Waals surface area (Å²) in [7, 11) is 3.37. The maximum atomic E-state index is 9.58. The number of aliphatic hydroxyl groups is 1. The minimum absolute atomic E-state index is 0.00822. The van der Waals surface area contributed by atoms with Gasteiger partial charge in [-0.2, -0.15) is 0 Å². The van der Waals surface area contributed by atoms with Crippen molar-refractivity contribution in [2.24, 2.45) is 5.73 Å². The van der Waals surface area contributed by atoms with Gasteiger partial charge in [-0.1, -0.05) is 0 Å². The van der Waals surface area contributed by atoms with Crippen molar-refractivity contribution in [1.82, 2.24) is 4.98 Å². The Morgan fingerprint density at radius 3 is 2.82 bits per heavy atom. The van der Waals surface area contributed by atoms with E-state index in [4.69, 9.17) is 15.9 Å². The molecule has 0 aliphatic carbocycles. The zero-order valence-corrected chi connectivity index (χ0v) is 10.1. The lowest BCUT2D eigenvalue weighted by molar-refractivity contribution is 0.0694. The van der Waals surface area contributed by atoms with Crippen LogP contribution in [0, 0.1) is 5.41 Å². The van der Waals surface area contributed by atoms with E-state index >= 15 is 0 Å². The summed E-state index contributed by atoms with van der Waals surface area (Å²) in [5, 5.41) is 16.8. The molecule has 1 unspecified atom stereocenters. The Kier molecular flexibility index (Phi) is 4.86. The van der Waals surface area contributed by atoms with Gasteiger partial charge in [-0.15, -0.1) is 0 Å². The molecule has 17 heavy (non-hydrogen) atoms. The second-order valence-corrected chi connectivity index (χ2v) is 3.81. The van der Waals surface area contributed by atoms with Gasteiger partial charge in [0, 0.05) is 32.5 Å². The summed E-state index contributed by atoms with van der Waals surface area (Å²) in [5.41, 5.74) is 5.92. The zero-order chi connectivity index (χ0) is 12.8. The van der Waals surface area contributed by atoms with E-state index in [2.05, 4.69) is 4.98 Å². The molecule has 0 spiro atoms. The average molecular weight is 238 g/mol. The van der Waals surface area contributed by atoms with E-state index in [1.54, 1.807) is 19.2 Å². The summed E-state index contributed by atoms with van der Waals surface area (Å²) in [6.07, 6.45) is 0.982. The Morgan fingerprint density at radius 2 is 2.35 bits per heavy atom. The van der Waals surface area contributed by atoms with Crippen LogP contribution in [-0.2, 0) is 4.74 Å². The van der Waals surface area contributed by atoms with E-state index in [-0.39, 0.29) is 12.4 Å². The molecule has 0 aromatic carbocycles. The summed E-state index contributed by atoms with van der Waals surface area (Å²) in [4.78, 5) is 5.98. The fourth-order valence-corrected chi connectivity index (χ4v) is 1.43. The van der Waals surface area contributed by atoms with E-state index in [1.807, 2.05) is 11.9 Å². The van der Waals surface area contributed by atoms with Crippen molar-refractivity contribution in [1.29, 1.82) is 5.41 Å². The normalized spacial score (nSPS) is 12.2. The van der Waals surface area contributed by atoms with Crippen LogP contribution in [0.4, 0.5) is 5.82 Å². The highest BCUT2D eigenvalue weighted by molar-refractivity contribution is 5.94. The highest BCUT2D eigenvalue weighted by atomic mass is 16.5. The maximum absolute atomic E-state index is 9.58. The summed E-state index contributed by atoms with van der Waals surface area (Å²) >= 11 is 0. The van der Waals surface area contributed by atoms with Crippen LogP contribution in [0.25, 0.3) is 0 Å². The number of aromatic nitrogens is 1. The van der Waals surface area contributed by atoms with Crippen LogP contribution in [0.3, 0.4) is 0 Å². The number of nitrogens with two attached hydrogens (primary N) is 1. The molecule has 94 valence electrons. The Hall–Kier alpha value is -1.66. The number of nitrogens with zero attached hydrogens (tertiary/aromatic N) is 2. The van der Waals surface area contributed by atoms with Crippen LogP contribution in [0.5, 0.6) is 0 Å². The molecule has 1 aromatic rings. The zero-order valence-electron chi connectivity index (χ0n) is 10.1. The van der Waals surface area contributed by atoms with Crippen molar-refractivity contribution in [2.45, 2.75) is 6.10 Å². The first-order valence-corrected chi connectivity index (χ1v) is 5.23. The number of aliphatic hydroxyl groups excluding tert-OH is 1. The third-order valence-corrected chi connectivity index (χ3v) is 2.29. The highest BCUT2D eigenvalue weighted by Gasteiger charge is 2.09. The second kappa shape index (κ2) is 6.17. The predicted octanol–water partition coefficient (Wildman–Crippen LogP) is -0.191. The molecule has 1 aromatic heterocycles. The molecule has 1 atom stereocenters. The Labute approximate surface area is 101 Å². The van der Waals surface area contributed by atoms with Crippen molar-refractivity contribution in [3.8, 4) is 0 Å². The van der Waals surface area contributed by atoms with Gasteiger partial charge in [0.25, 0.3) is 0 Å². The SMILES string of the molecule is COCC(O)CN(C)c1ccc(C(=N)N)cn1. The van der Waals surface area contributed by atoms with Gasteiger partial charge in [0.1, 0.15) is 11.7 Å². The van der Waals surface area contributed by atoms with E-state index < -0.39 is 6.10 Å². The molecule has 1 heterocycles. The number of rotatable bonds is 6. The lowest BCUT2D eigenvalue weighted by Crippen LogP contribution is -2.32. The molecule has 6 nitrogen and oxygen atoms in total. The lowest BCUT2D eigenvalue weighted by atomic mass is 10.2. The molecule has 0 fully saturated rings. The minimum Gasteiger partial charge on any atom is -0.389 e. The molecule has 0 aliphatic heterocycles. The van der Waals surface area contributed by atoms with Gasteiger partial charge in [0.05, 0.1) is 12.7 Å². The van der Waals surface area contributed by atoms with E-state index in [9.17, 15) is 5.11 Å². The molecule has 0 saturated heterocycles. The molecule has 0 aliphatic rings. The first-order chi connectivity index (χ1) is 8.04. The number of anilines is 1. The lowest BCUT2D eigenvalue weighted by Gasteiger charge is -2.21. The van der Waals surface area contributed by atoms with Crippen LogP contribution in [0.2, 0.25) is 0 Å². The van der Waals surface area contributed by atoms with Gasteiger partial charge in [0.15, 0.2) is 0 Å². The van der Waals surface area contributed by atoms with Crippen molar-refractivity contribution in [3.05, 3.63) is 23.9 Å². The number of nitrogen functional groups attached to an aromatic ring is 1. The van der Waals surface area contributed by atoms with Crippen LogP contribution in [0.15, 0.2) is 18.3 Å². The van der Waals surface area contributed by atoms with Crippen molar-refractivity contribution in [2.75, 3.05) is 32.2 Å². The van der Waals surface area contributed by atoms with E-state index in [0.717, 1.165) is 0 Å². The van der Waals surface area contributed by atoms with Crippen LogP contribution in [0.1, 0.15) is 5.56 Å². The number of hydrogen-bond acceptors (Lipinski definition) is 5. The van der Waals surface area contributed by atoms with Crippen molar-refractivity contribution in [3.63, 3.8) is 0 Å². The number of likely N-dealkylation sites (N-methyl/N-ethyl adjacent to an activating group) is 1.